The minimum Gasteiger partial charge on any atom is -0.280 e. The molecule has 0 radical (unpaired) electrons. The Bertz CT molecular complexity index is 1260. The summed E-state index contributed by atoms with van der Waals surface area (Å²) in [5, 5.41) is 2.84. The molecular formula is C23H16N2O. The monoisotopic (exact) mass is 336 g/mol. The van der Waals surface area contributed by atoms with Gasteiger partial charge in [-0.1, -0.05) is 54.6 Å². The van der Waals surface area contributed by atoms with Crippen LogP contribution in [-0.2, 0) is 0 Å². The second-order valence-corrected chi connectivity index (χ2v) is 6.51. The zero-order chi connectivity index (χ0) is 17.7. The molecule has 0 amide bonds. The number of para-hydroxylation sites is 3. The SMILES string of the molecule is Cc1cc2ccccc2n1C(=O)c1c2ccccc2nc2ccccc12. The van der Waals surface area contributed by atoms with Gasteiger partial charge in [-0.25, -0.2) is 4.98 Å². The van der Waals surface area contributed by atoms with Crippen molar-refractivity contribution in [1.82, 2.24) is 9.55 Å². The highest BCUT2D eigenvalue weighted by molar-refractivity contribution is 6.18. The van der Waals surface area contributed by atoms with Crippen LogP contribution in [0, 0.1) is 6.92 Å². The Kier molecular flexibility index (Phi) is 3.16. The molecule has 0 N–H and O–H groups in total. The zero-order valence-corrected chi connectivity index (χ0v) is 14.3. The minimum atomic E-state index is -0.0153. The van der Waals surface area contributed by atoms with Gasteiger partial charge in [0.05, 0.1) is 22.1 Å². The van der Waals surface area contributed by atoms with Crippen LogP contribution < -0.4 is 0 Å². The molecule has 0 atom stereocenters. The van der Waals surface area contributed by atoms with E-state index in [9.17, 15) is 4.79 Å². The number of rotatable bonds is 1. The van der Waals surface area contributed by atoms with Crippen LogP contribution in [0.2, 0.25) is 0 Å². The number of hydrogen-bond donors (Lipinski definition) is 0. The van der Waals surface area contributed by atoms with Gasteiger partial charge in [0.25, 0.3) is 5.91 Å². The maximum Gasteiger partial charge on any atom is 0.263 e. The summed E-state index contributed by atoms with van der Waals surface area (Å²) in [6.07, 6.45) is 0. The van der Waals surface area contributed by atoms with Crippen LogP contribution in [0.1, 0.15) is 16.1 Å². The summed E-state index contributed by atoms with van der Waals surface area (Å²) in [5.41, 5.74) is 4.24. The number of carbonyl (C=O) groups excluding carboxylic acids is 1. The smallest absolute Gasteiger partial charge is 0.263 e. The first-order valence-corrected chi connectivity index (χ1v) is 8.63. The molecular weight excluding hydrogens is 320 g/mol. The lowest BCUT2D eigenvalue weighted by atomic mass is 10.0. The number of benzene rings is 3. The maximum absolute atomic E-state index is 13.7. The lowest BCUT2D eigenvalue weighted by Crippen LogP contribution is -2.14. The van der Waals surface area contributed by atoms with Crippen LogP contribution >= 0.6 is 0 Å². The van der Waals surface area contributed by atoms with Gasteiger partial charge >= 0.3 is 0 Å². The fraction of sp³-hybridized carbons (Fsp3) is 0.0435. The van der Waals surface area contributed by atoms with Crippen molar-refractivity contribution < 1.29 is 4.79 Å². The van der Waals surface area contributed by atoms with Crippen molar-refractivity contribution in [3.63, 3.8) is 0 Å². The van der Waals surface area contributed by atoms with Crippen molar-refractivity contribution in [3.8, 4) is 0 Å². The van der Waals surface area contributed by atoms with Crippen LogP contribution in [-0.4, -0.2) is 15.5 Å². The molecule has 3 heteroatoms. The number of carbonyl (C=O) groups is 1. The Balaban J connectivity index is 1.90. The highest BCUT2D eigenvalue weighted by atomic mass is 16.2. The highest BCUT2D eigenvalue weighted by Crippen LogP contribution is 2.29. The summed E-state index contributed by atoms with van der Waals surface area (Å²) in [6.45, 7) is 1.98. The molecule has 3 aromatic carbocycles. The van der Waals surface area contributed by atoms with Gasteiger partial charge in [-0.2, -0.15) is 0 Å². The van der Waals surface area contributed by atoms with E-state index in [1.807, 2.05) is 84.3 Å². The largest absolute Gasteiger partial charge is 0.280 e. The number of fused-ring (bicyclic) bond motifs is 3. The van der Waals surface area contributed by atoms with Crippen LogP contribution in [0.4, 0.5) is 0 Å². The maximum atomic E-state index is 13.7. The van der Waals surface area contributed by atoms with Crippen molar-refractivity contribution in [1.29, 1.82) is 0 Å². The van der Waals surface area contributed by atoms with Crippen LogP contribution in [0.25, 0.3) is 32.7 Å². The molecule has 5 rings (SSSR count). The molecule has 0 spiro atoms. The molecule has 0 aliphatic rings. The van der Waals surface area contributed by atoms with E-state index in [4.69, 9.17) is 4.98 Å². The standard InChI is InChI=1S/C23H16N2O/c1-15-14-16-8-2-7-13-21(16)25(15)23(26)22-17-9-3-5-11-19(17)24-20-12-6-4-10-18(20)22/h2-14H,1H3. The highest BCUT2D eigenvalue weighted by Gasteiger charge is 2.20. The average Bonchev–Trinajstić information content (AvgIpc) is 3.01. The van der Waals surface area contributed by atoms with Crippen molar-refractivity contribution in [2.75, 3.05) is 0 Å². The molecule has 3 nitrogen and oxygen atoms in total. The van der Waals surface area contributed by atoms with Crippen molar-refractivity contribution in [3.05, 3.63) is 90.1 Å². The first-order chi connectivity index (χ1) is 12.7. The molecule has 0 aliphatic heterocycles. The normalized spacial score (nSPS) is 11.4. The molecule has 0 saturated carbocycles. The van der Waals surface area contributed by atoms with Gasteiger partial charge in [0, 0.05) is 21.9 Å². The van der Waals surface area contributed by atoms with Gasteiger partial charge in [0.1, 0.15) is 0 Å². The number of aromatic nitrogens is 2. The fourth-order valence-electron chi connectivity index (χ4n) is 3.74. The quantitative estimate of drug-likeness (QED) is 0.387. The van der Waals surface area contributed by atoms with Gasteiger partial charge in [0.2, 0.25) is 0 Å². The third-order valence-electron chi connectivity index (χ3n) is 4.90. The van der Waals surface area contributed by atoms with Gasteiger partial charge in [-0.05, 0) is 31.2 Å². The minimum absolute atomic E-state index is 0.0153. The second-order valence-electron chi connectivity index (χ2n) is 6.51. The Labute approximate surface area is 150 Å². The molecule has 5 aromatic rings. The summed E-state index contributed by atoms with van der Waals surface area (Å²) < 4.78 is 1.81. The first-order valence-electron chi connectivity index (χ1n) is 8.63. The van der Waals surface area contributed by atoms with Crippen LogP contribution in [0.15, 0.2) is 78.9 Å². The Morgan fingerprint density at radius 1 is 0.808 bits per heavy atom. The summed E-state index contributed by atoms with van der Waals surface area (Å²) in [5.74, 6) is -0.0153. The van der Waals surface area contributed by atoms with Gasteiger partial charge in [0.15, 0.2) is 0 Å². The predicted molar refractivity (Wildman–Crippen MR) is 106 cm³/mol. The number of hydrogen-bond acceptors (Lipinski definition) is 2. The molecule has 2 aromatic heterocycles. The van der Waals surface area contributed by atoms with Crippen molar-refractivity contribution >= 4 is 38.6 Å². The molecule has 2 heterocycles. The Morgan fingerprint density at radius 3 is 2.08 bits per heavy atom. The van der Waals surface area contributed by atoms with E-state index in [-0.39, 0.29) is 5.91 Å². The van der Waals surface area contributed by atoms with E-state index in [1.165, 1.54) is 0 Å². The summed E-state index contributed by atoms with van der Waals surface area (Å²) in [6, 6.07) is 25.7. The lowest BCUT2D eigenvalue weighted by Gasteiger charge is -2.12. The molecule has 0 unspecified atom stereocenters. The second kappa shape index (κ2) is 5.53. The van der Waals surface area contributed by atoms with Crippen LogP contribution in [0.3, 0.4) is 0 Å². The predicted octanol–water partition coefficient (Wildman–Crippen LogP) is 5.34. The molecule has 124 valence electrons. The number of aryl methyl sites for hydroxylation is 1. The molecule has 0 saturated heterocycles. The van der Waals surface area contributed by atoms with Crippen LogP contribution in [0.5, 0.6) is 0 Å². The van der Waals surface area contributed by atoms with Crippen molar-refractivity contribution in [2.45, 2.75) is 6.92 Å². The van der Waals surface area contributed by atoms with Crippen molar-refractivity contribution in [2.24, 2.45) is 0 Å². The summed E-state index contributed by atoms with van der Waals surface area (Å²) >= 11 is 0. The molecule has 26 heavy (non-hydrogen) atoms. The number of nitrogens with zero attached hydrogens (tertiary/aromatic N) is 2. The average molecular weight is 336 g/mol. The van der Waals surface area contributed by atoms with E-state index in [2.05, 4.69) is 6.07 Å². The Hall–Kier alpha value is -3.46. The van der Waals surface area contributed by atoms with Gasteiger partial charge in [-0.15, -0.1) is 0 Å². The topological polar surface area (TPSA) is 34.9 Å². The molecule has 0 bridgehead atoms. The Morgan fingerprint density at radius 2 is 1.38 bits per heavy atom. The van der Waals surface area contributed by atoms with Gasteiger partial charge < -0.3 is 0 Å². The third-order valence-corrected chi connectivity index (χ3v) is 4.90. The first kappa shape index (κ1) is 14.8. The molecule has 0 fully saturated rings. The van der Waals surface area contributed by atoms with E-state index < -0.39 is 0 Å². The lowest BCUT2D eigenvalue weighted by molar-refractivity contribution is 0.0966. The summed E-state index contributed by atoms with van der Waals surface area (Å²) in [4.78, 5) is 18.4. The van der Waals surface area contributed by atoms with E-state index in [0.717, 1.165) is 38.4 Å². The fourth-order valence-corrected chi connectivity index (χ4v) is 3.74. The summed E-state index contributed by atoms with van der Waals surface area (Å²) in [7, 11) is 0. The zero-order valence-electron chi connectivity index (χ0n) is 14.3. The number of pyridine rings is 1. The third kappa shape index (κ3) is 2.07. The van der Waals surface area contributed by atoms with E-state index in [0.29, 0.717) is 5.56 Å². The molecule has 0 aliphatic carbocycles. The van der Waals surface area contributed by atoms with Gasteiger partial charge in [-0.3, -0.25) is 9.36 Å². The van der Waals surface area contributed by atoms with E-state index >= 15 is 0 Å². The van der Waals surface area contributed by atoms with E-state index in [1.54, 1.807) is 0 Å².